The zero-order chi connectivity index (χ0) is 14.8. The maximum atomic E-state index is 12.5. The van der Waals surface area contributed by atoms with E-state index in [1.807, 2.05) is 26.0 Å². The Morgan fingerprint density at radius 1 is 1.15 bits per heavy atom. The van der Waals surface area contributed by atoms with E-state index in [2.05, 4.69) is 11.4 Å². The summed E-state index contributed by atoms with van der Waals surface area (Å²) in [6.07, 6.45) is 1.89. The topological polar surface area (TPSA) is 49.4 Å². The van der Waals surface area contributed by atoms with E-state index in [4.69, 9.17) is 0 Å². The molecule has 1 aromatic rings. The summed E-state index contributed by atoms with van der Waals surface area (Å²) < 4.78 is 26.5. The number of anilines is 1. The first-order valence-electron chi connectivity index (χ1n) is 7.14. The molecule has 20 heavy (non-hydrogen) atoms. The predicted octanol–water partition coefficient (Wildman–Crippen LogP) is 2.07. The van der Waals surface area contributed by atoms with Crippen LogP contribution in [0.2, 0.25) is 0 Å². The molecule has 1 aliphatic heterocycles. The number of piperidine rings is 1. The Labute approximate surface area is 122 Å². The predicted molar refractivity (Wildman–Crippen MR) is 83.7 cm³/mol. The quantitative estimate of drug-likeness (QED) is 0.925. The largest absolute Gasteiger partial charge is 0.317 e. The Balaban J connectivity index is 2.15. The molecular weight excluding hydrogens is 272 g/mol. The molecule has 0 radical (unpaired) electrons. The van der Waals surface area contributed by atoms with Crippen LogP contribution in [0.4, 0.5) is 5.69 Å². The SMILES string of the molecule is Cc1cc(C)cc(N(C)S(=O)(=O)CC2CCNCC2)c1. The fourth-order valence-electron chi connectivity index (χ4n) is 2.75. The highest BCUT2D eigenvalue weighted by molar-refractivity contribution is 7.92. The van der Waals surface area contributed by atoms with Crippen molar-refractivity contribution in [1.29, 1.82) is 0 Å². The first-order chi connectivity index (χ1) is 9.38. The second-order valence-corrected chi connectivity index (χ2v) is 7.83. The molecule has 0 amide bonds. The lowest BCUT2D eigenvalue weighted by Gasteiger charge is -2.26. The summed E-state index contributed by atoms with van der Waals surface area (Å²) in [5.74, 6) is 0.521. The lowest BCUT2D eigenvalue weighted by atomic mass is 10.0. The third-order valence-corrected chi connectivity index (χ3v) is 5.83. The second kappa shape index (κ2) is 6.14. The Morgan fingerprint density at radius 2 is 1.70 bits per heavy atom. The van der Waals surface area contributed by atoms with Crippen LogP contribution in [-0.2, 0) is 10.0 Å². The molecule has 0 unspecified atom stereocenters. The maximum absolute atomic E-state index is 12.5. The molecule has 1 N–H and O–H groups in total. The molecule has 2 rings (SSSR count). The van der Waals surface area contributed by atoms with E-state index in [1.165, 1.54) is 4.31 Å². The second-order valence-electron chi connectivity index (χ2n) is 5.79. The molecule has 0 spiro atoms. The highest BCUT2D eigenvalue weighted by atomic mass is 32.2. The van der Waals surface area contributed by atoms with Crippen LogP contribution < -0.4 is 9.62 Å². The van der Waals surface area contributed by atoms with Gasteiger partial charge in [0, 0.05) is 7.05 Å². The third-order valence-electron chi connectivity index (χ3n) is 3.89. The molecule has 112 valence electrons. The van der Waals surface area contributed by atoms with Crippen LogP contribution in [0, 0.1) is 19.8 Å². The summed E-state index contributed by atoms with van der Waals surface area (Å²) in [7, 11) is -1.58. The highest BCUT2D eigenvalue weighted by Gasteiger charge is 2.25. The van der Waals surface area contributed by atoms with Crippen molar-refractivity contribution < 1.29 is 8.42 Å². The van der Waals surface area contributed by atoms with Crippen LogP contribution in [0.15, 0.2) is 18.2 Å². The van der Waals surface area contributed by atoms with Crippen molar-refractivity contribution in [3.63, 3.8) is 0 Å². The molecular formula is C15H24N2O2S. The number of nitrogens with one attached hydrogen (secondary N) is 1. The number of nitrogens with zero attached hydrogens (tertiary/aromatic N) is 1. The molecule has 0 bridgehead atoms. The number of hydrogen-bond donors (Lipinski definition) is 1. The van der Waals surface area contributed by atoms with Gasteiger partial charge in [-0.15, -0.1) is 0 Å². The smallest absolute Gasteiger partial charge is 0.235 e. The van der Waals surface area contributed by atoms with Crippen molar-refractivity contribution in [3.05, 3.63) is 29.3 Å². The molecule has 1 heterocycles. The van der Waals surface area contributed by atoms with Crippen LogP contribution in [0.3, 0.4) is 0 Å². The summed E-state index contributed by atoms with van der Waals surface area (Å²) in [6.45, 7) is 5.83. The molecule has 0 aliphatic carbocycles. The standard InChI is InChI=1S/C15H24N2O2S/c1-12-8-13(2)10-15(9-12)17(3)20(18,19)11-14-4-6-16-7-5-14/h8-10,14,16H,4-7,11H2,1-3H3. The zero-order valence-electron chi connectivity index (χ0n) is 12.5. The molecule has 0 saturated carbocycles. The van der Waals surface area contributed by atoms with Gasteiger partial charge in [0.1, 0.15) is 0 Å². The van der Waals surface area contributed by atoms with Gasteiger partial charge in [0.05, 0.1) is 11.4 Å². The Bertz CT molecular complexity index is 543. The van der Waals surface area contributed by atoms with E-state index in [9.17, 15) is 8.42 Å². The van der Waals surface area contributed by atoms with Gasteiger partial charge in [-0.3, -0.25) is 4.31 Å². The van der Waals surface area contributed by atoms with E-state index in [0.29, 0.717) is 0 Å². The van der Waals surface area contributed by atoms with Gasteiger partial charge in [-0.05, 0) is 69.0 Å². The van der Waals surface area contributed by atoms with Crippen LogP contribution in [0.25, 0.3) is 0 Å². The van der Waals surface area contributed by atoms with Crippen molar-refractivity contribution in [2.75, 3.05) is 30.2 Å². The van der Waals surface area contributed by atoms with Crippen LogP contribution in [0.5, 0.6) is 0 Å². The molecule has 5 heteroatoms. The van der Waals surface area contributed by atoms with E-state index < -0.39 is 10.0 Å². The van der Waals surface area contributed by atoms with Crippen LogP contribution >= 0.6 is 0 Å². The molecule has 0 aromatic heterocycles. The maximum Gasteiger partial charge on any atom is 0.235 e. The highest BCUT2D eigenvalue weighted by Crippen LogP contribution is 2.23. The lowest BCUT2D eigenvalue weighted by molar-refractivity contribution is 0.401. The van der Waals surface area contributed by atoms with Gasteiger partial charge < -0.3 is 5.32 Å². The number of hydrogen-bond acceptors (Lipinski definition) is 3. The number of aryl methyl sites for hydroxylation is 2. The average molecular weight is 296 g/mol. The summed E-state index contributed by atoms with van der Waals surface area (Å²) in [4.78, 5) is 0. The van der Waals surface area contributed by atoms with E-state index in [-0.39, 0.29) is 11.7 Å². The first kappa shape index (κ1) is 15.3. The Morgan fingerprint density at radius 3 is 2.25 bits per heavy atom. The van der Waals surface area contributed by atoms with Gasteiger partial charge >= 0.3 is 0 Å². The first-order valence-corrected chi connectivity index (χ1v) is 8.75. The van der Waals surface area contributed by atoms with Crippen LogP contribution in [0.1, 0.15) is 24.0 Å². The van der Waals surface area contributed by atoms with Crippen LogP contribution in [-0.4, -0.2) is 34.3 Å². The van der Waals surface area contributed by atoms with E-state index >= 15 is 0 Å². The fourth-order valence-corrected chi connectivity index (χ4v) is 4.33. The van der Waals surface area contributed by atoms with E-state index in [0.717, 1.165) is 42.7 Å². The minimum atomic E-state index is -3.24. The van der Waals surface area contributed by atoms with Gasteiger partial charge in [0.2, 0.25) is 10.0 Å². The van der Waals surface area contributed by atoms with Crippen molar-refractivity contribution in [3.8, 4) is 0 Å². The van der Waals surface area contributed by atoms with Crippen molar-refractivity contribution in [2.24, 2.45) is 5.92 Å². The molecule has 4 nitrogen and oxygen atoms in total. The van der Waals surface area contributed by atoms with Gasteiger partial charge in [0.25, 0.3) is 0 Å². The van der Waals surface area contributed by atoms with Gasteiger partial charge in [-0.1, -0.05) is 6.07 Å². The fraction of sp³-hybridized carbons (Fsp3) is 0.600. The summed E-state index contributed by atoms with van der Waals surface area (Å²) >= 11 is 0. The molecule has 1 saturated heterocycles. The van der Waals surface area contributed by atoms with E-state index in [1.54, 1.807) is 7.05 Å². The van der Waals surface area contributed by atoms with Gasteiger partial charge in [0.15, 0.2) is 0 Å². The number of sulfonamides is 1. The molecule has 1 aliphatic rings. The monoisotopic (exact) mass is 296 g/mol. The van der Waals surface area contributed by atoms with Gasteiger partial charge in [-0.25, -0.2) is 8.42 Å². The summed E-state index contributed by atoms with van der Waals surface area (Å²) in [5.41, 5.74) is 2.93. The Kier molecular flexibility index (Phi) is 4.70. The minimum Gasteiger partial charge on any atom is -0.317 e. The molecule has 1 fully saturated rings. The number of rotatable bonds is 4. The Hall–Kier alpha value is -1.07. The van der Waals surface area contributed by atoms with Crippen molar-refractivity contribution in [2.45, 2.75) is 26.7 Å². The lowest BCUT2D eigenvalue weighted by Crippen LogP contribution is -2.36. The zero-order valence-corrected chi connectivity index (χ0v) is 13.3. The van der Waals surface area contributed by atoms with Crippen molar-refractivity contribution >= 4 is 15.7 Å². The molecule has 1 aromatic carbocycles. The normalized spacial score (nSPS) is 17.1. The summed E-state index contributed by atoms with van der Waals surface area (Å²) in [5, 5.41) is 3.27. The van der Waals surface area contributed by atoms with Gasteiger partial charge in [-0.2, -0.15) is 0 Å². The molecule has 0 atom stereocenters. The number of benzene rings is 1. The van der Waals surface area contributed by atoms with Crippen molar-refractivity contribution in [1.82, 2.24) is 5.32 Å². The third kappa shape index (κ3) is 3.73. The summed E-state index contributed by atoms with van der Waals surface area (Å²) in [6, 6.07) is 5.90. The average Bonchev–Trinajstić information content (AvgIpc) is 2.37. The minimum absolute atomic E-state index is 0.248.